The number of benzene rings is 3. The second-order valence-corrected chi connectivity index (χ2v) is 6.52. The molecule has 0 fully saturated rings. The fourth-order valence-corrected chi connectivity index (χ4v) is 2.83. The summed E-state index contributed by atoms with van der Waals surface area (Å²) >= 11 is 0. The molecule has 3 aromatic rings. The molecule has 3 nitrogen and oxygen atoms in total. The maximum atomic E-state index is 4.62. The van der Waals surface area contributed by atoms with Gasteiger partial charge in [0.1, 0.15) is 0 Å². The van der Waals surface area contributed by atoms with Crippen LogP contribution in [0.1, 0.15) is 0 Å². The number of nitrogens with one attached hydrogen (secondary N) is 2. The predicted octanol–water partition coefficient (Wildman–Crippen LogP) is 6.93. The number of hydrogen-bond donors (Lipinski definition) is 2. The van der Waals surface area contributed by atoms with Crippen molar-refractivity contribution in [2.45, 2.75) is 0 Å². The van der Waals surface area contributed by atoms with Gasteiger partial charge in [-0.15, -0.1) is 0 Å². The van der Waals surface area contributed by atoms with Crippen molar-refractivity contribution in [1.29, 1.82) is 0 Å². The molecule has 0 saturated carbocycles. The van der Waals surface area contributed by atoms with Crippen LogP contribution in [0.15, 0.2) is 120 Å². The summed E-state index contributed by atoms with van der Waals surface area (Å²) in [6.07, 6.45) is 7.87. The van der Waals surface area contributed by atoms with Gasteiger partial charge in [0.05, 0.1) is 11.4 Å². The van der Waals surface area contributed by atoms with Crippen LogP contribution in [0.3, 0.4) is 0 Å². The van der Waals surface area contributed by atoms with Crippen molar-refractivity contribution in [3.05, 3.63) is 115 Å². The minimum Gasteiger partial charge on any atom is -0.356 e. The highest BCUT2D eigenvalue weighted by molar-refractivity contribution is 6.07. The lowest BCUT2D eigenvalue weighted by atomic mass is 10.1. The summed E-state index contributed by atoms with van der Waals surface area (Å²) in [5.74, 6) is 0. The van der Waals surface area contributed by atoms with Gasteiger partial charge in [-0.1, -0.05) is 36.9 Å². The molecular weight excluding hydrogens is 342 g/mol. The maximum Gasteiger partial charge on any atom is 0.0638 e. The summed E-state index contributed by atoms with van der Waals surface area (Å²) in [5, 5.41) is 6.80. The second-order valence-electron chi connectivity index (χ2n) is 6.52. The monoisotopic (exact) mass is 363 g/mol. The van der Waals surface area contributed by atoms with Crippen LogP contribution in [0, 0.1) is 0 Å². The van der Waals surface area contributed by atoms with Gasteiger partial charge in [0.15, 0.2) is 0 Å². The standard InChI is InChI=1S/C25H21N3/c1-19-7-9-21(10-8-19)27-23-15-17-25(18-16-23)28-24-13-11-22(12-14-24)26-20-5-3-2-4-6-20/h2-18,26,28H,1H2. The van der Waals surface area contributed by atoms with Crippen LogP contribution in [-0.4, -0.2) is 5.71 Å². The van der Waals surface area contributed by atoms with E-state index in [9.17, 15) is 0 Å². The second kappa shape index (κ2) is 8.23. The van der Waals surface area contributed by atoms with E-state index >= 15 is 0 Å². The molecule has 0 aliphatic heterocycles. The van der Waals surface area contributed by atoms with Crippen molar-refractivity contribution in [3.8, 4) is 0 Å². The molecule has 0 bridgehead atoms. The van der Waals surface area contributed by atoms with Gasteiger partial charge in [0.25, 0.3) is 0 Å². The number of hydrogen-bond acceptors (Lipinski definition) is 3. The number of anilines is 4. The van der Waals surface area contributed by atoms with Gasteiger partial charge in [-0.25, -0.2) is 4.99 Å². The Bertz CT molecular complexity index is 1020. The number of aliphatic imine (C=N–C) groups is 1. The van der Waals surface area contributed by atoms with Crippen LogP contribution in [0.5, 0.6) is 0 Å². The molecule has 3 aromatic carbocycles. The zero-order chi connectivity index (χ0) is 19.2. The molecule has 0 radical (unpaired) electrons. The highest BCUT2D eigenvalue weighted by Crippen LogP contribution is 2.23. The zero-order valence-electron chi connectivity index (χ0n) is 15.5. The van der Waals surface area contributed by atoms with Crippen molar-refractivity contribution >= 4 is 34.1 Å². The first kappa shape index (κ1) is 17.6. The molecule has 4 rings (SSSR count). The van der Waals surface area contributed by atoms with E-state index < -0.39 is 0 Å². The van der Waals surface area contributed by atoms with E-state index in [1.165, 1.54) is 0 Å². The van der Waals surface area contributed by atoms with Gasteiger partial charge in [-0.3, -0.25) is 0 Å². The molecule has 0 heterocycles. The normalized spacial score (nSPS) is 12.7. The Morgan fingerprint density at radius 3 is 1.54 bits per heavy atom. The predicted molar refractivity (Wildman–Crippen MR) is 120 cm³/mol. The first-order valence-corrected chi connectivity index (χ1v) is 9.18. The molecule has 1 aliphatic rings. The van der Waals surface area contributed by atoms with E-state index in [4.69, 9.17) is 0 Å². The fourth-order valence-electron chi connectivity index (χ4n) is 2.83. The summed E-state index contributed by atoms with van der Waals surface area (Å²) in [6, 6.07) is 26.5. The quantitative estimate of drug-likeness (QED) is 0.516. The molecule has 0 atom stereocenters. The van der Waals surface area contributed by atoms with Gasteiger partial charge in [0.2, 0.25) is 0 Å². The molecule has 0 amide bonds. The van der Waals surface area contributed by atoms with E-state index in [1.807, 2.05) is 78.9 Å². The third-order valence-electron chi connectivity index (χ3n) is 4.30. The molecule has 1 aliphatic carbocycles. The Hall–Kier alpha value is -3.85. The van der Waals surface area contributed by atoms with Crippen molar-refractivity contribution in [2.75, 3.05) is 10.6 Å². The van der Waals surface area contributed by atoms with Crippen molar-refractivity contribution in [2.24, 2.45) is 4.99 Å². The van der Waals surface area contributed by atoms with Crippen LogP contribution < -0.4 is 10.6 Å². The molecule has 0 spiro atoms. The Morgan fingerprint density at radius 2 is 1.00 bits per heavy atom. The van der Waals surface area contributed by atoms with Crippen LogP contribution in [-0.2, 0) is 0 Å². The third-order valence-corrected chi connectivity index (χ3v) is 4.30. The van der Waals surface area contributed by atoms with E-state index in [1.54, 1.807) is 0 Å². The van der Waals surface area contributed by atoms with Gasteiger partial charge in [0, 0.05) is 22.7 Å². The number of para-hydroxylation sites is 1. The summed E-state index contributed by atoms with van der Waals surface area (Å²) in [6.45, 7) is 3.89. The Labute approximate surface area is 165 Å². The highest BCUT2D eigenvalue weighted by atomic mass is 14.9. The smallest absolute Gasteiger partial charge is 0.0638 e. The minimum atomic E-state index is 0.921. The van der Waals surface area contributed by atoms with Crippen LogP contribution in [0.25, 0.3) is 0 Å². The summed E-state index contributed by atoms with van der Waals surface area (Å²) in [4.78, 5) is 4.62. The van der Waals surface area contributed by atoms with Gasteiger partial charge < -0.3 is 10.6 Å². The first-order valence-electron chi connectivity index (χ1n) is 9.18. The highest BCUT2D eigenvalue weighted by Gasteiger charge is 1.99. The molecule has 0 saturated heterocycles. The van der Waals surface area contributed by atoms with E-state index in [0.29, 0.717) is 0 Å². The van der Waals surface area contributed by atoms with E-state index in [0.717, 1.165) is 39.7 Å². The number of rotatable bonds is 5. The zero-order valence-corrected chi connectivity index (χ0v) is 15.5. The molecule has 2 N–H and O–H groups in total. The summed E-state index contributed by atoms with van der Waals surface area (Å²) in [5.41, 5.74) is 7.03. The van der Waals surface area contributed by atoms with Crippen molar-refractivity contribution < 1.29 is 0 Å². The lowest BCUT2D eigenvalue weighted by Gasteiger charge is -2.10. The molecule has 0 aromatic heterocycles. The average molecular weight is 363 g/mol. The van der Waals surface area contributed by atoms with Crippen LogP contribution in [0.4, 0.5) is 28.4 Å². The fraction of sp³-hybridized carbons (Fsp3) is 0. The lowest BCUT2D eigenvalue weighted by molar-refractivity contribution is 1.48. The topological polar surface area (TPSA) is 36.4 Å². The Morgan fingerprint density at radius 1 is 0.536 bits per heavy atom. The largest absolute Gasteiger partial charge is 0.356 e. The maximum absolute atomic E-state index is 4.62. The van der Waals surface area contributed by atoms with Crippen LogP contribution in [0.2, 0.25) is 0 Å². The van der Waals surface area contributed by atoms with Gasteiger partial charge >= 0.3 is 0 Å². The Balaban J connectivity index is 1.39. The van der Waals surface area contributed by atoms with Crippen molar-refractivity contribution in [1.82, 2.24) is 0 Å². The lowest BCUT2D eigenvalue weighted by Crippen LogP contribution is -1.93. The van der Waals surface area contributed by atoms with E-state index in [2.05, 4.69) is 46.5 Å². The molecule has 28 heavy (non-hydrogen) atoms. The van der Waals surface area contributed by atoms with Crippen LogP contribution >= 0.6 is 0 Å². The average Bonchev–Trinajstić information content (AvgIpc) is 2.73. The molecular formula is C25H21N3. The number of allylic oxidation sites excluding steroid dienone is 5. The molecule has 3 heteroatoms. The summed E-state index contributed by atoms with van der Waals surface area (Å²) in [7, 11) is 0. The van der Waals surface area contributed by atoms with Gasteiger partial charge in [-0.2, -0.15) is 0 Å². The Kier molecular flexibility index (Phi) is 5.16. The third kappa shape index (κ3) is 4.65. The molecule has 0 unspecified atom stereocenters. The minimum absolute atomic E-state index is 0.921. The SMILES string of the molecule is C=C1C=CC(=Nc2ccc(Nc3ccc(Nc4ccccc4)cc3)cc2)C=C1. The molecule has 136 valence electrons. The summed E-state index contributed by atoms with van der Waals surface area (Å²) < 4.78 is 0. The van der Waals surface area contributed by atoms with Gasteiger partial charge in [-0.05, 0) is 78.4 Å². The van der Waals surface area contributed by atoms with E-state index in [-0.39, 0.29) is 0 Å². The van der Waals surface area contributed by atoms with Crippen molar-refractivity contribution in [3.63, 3.8) is 0 Å². The number of nitrogens with zero attached hydrogens (tertiary/aromatic N) is 1. The first-order chi connectivity index (χ1) is 13.7.